The molecule has 0 saturated heterocycles. The molecule has 1 aromatic rings. The monoisotopic (exact) mass is 150 g/mol. The van der Waals surface area contributed by atoms with Crippen LogP contribution < -0.4 is 0 Å². The summed E-state index contributed by atoms with van der Waals surface area (Å²) in [5.74, 6) is 1.51. The maximum Gasteiger partial charge on any atom is 0.197 e. The summed E-state index contributed by atoms with van der Waals surface area (Å²) in [7, 11) is 0. The van der Waals surface area contributed by atoms with Gasteiger partial charge in [0.25, 0.3) is 0 Å². The molecule has 0 amide bonds. The van der Waals surface area contributed by atoms with Gasteiger partial charge in [-0.3, -0.25) is 0 Å². The van der Waals surface area contributed by atoms with Crippen molar-refractivity contribution in [2.24, 2.45) is 0 Å². The molecule has 1 aliphatic rings. The first kappa shape index (κ1) is 6.89. The highest BCUT2D eigenvalue weighted by molar-refractivity contribution is 4.95. The van der Waals surface area contributed by atoms with Crippen molar-refractivity contribution in [2.45, 2.75) is 31.6 Å². The molecule has 1 fully saturated rings. The molecule has 0 atom stereocenters. The smallest absolute Gasteiger partial charge is 0.197 e. The third-order valence-corrected chi connectivity index (χ3v) is 2.24. The minimum Gasteiger partial charge on any atom is -0.449 e. The number of oxazole rings is 1. The quantitative estimate of drug-likeness (QED) is 0.614. The fourth-order valence-electron chi connectivity index (χ4n) is 1.61. The Morgan fingerprint density at radius 1 is 1.36 bits per heavy atom. The van der Waals surface area contributed by atoms with Crippen LogP contribution in [-0.2, 0) is 0 Å². The highest BCUT2D eigenvalue weighted by atomic mass is 16.3. The van der Waals surface area contributed by atoms with Crippen LogP contribution >= 0.6 is 0 Å². The first-order valence-corrected chi connectivity index (χ1v) is 4.18. The topological polar surface area (TPSA) is 26.0 Å². The lowest BCUT2D eigenvalue weighted by atomic mass is 9.89. The molecule has 1 aliphatic carbocycles. The molecule has 2 nitrogen and oxygen atoms in total. The van der Waals surface area contributed by atoms with Gasteiger partial charge >= 0.3 is 0 Å². The molecule has 0 spiro atoms. The van der Waals surface area contributed by atoms with Crippen LogP contribution in [0.4, 0.5) is 0 Å². The second-order valence-corrected chi connectivity index (χ2v) is 3.01. The van der Waals surface area contributed by atoms with Crippen LogP contribution in [0, 0.1) is 6.42 Å². The predicted molar refractivity (Wildman–Crippen MR) is 42.0 cm³/mol. The highest BCUT2D eigenvalue weighted by Crippen LogP contribution is 2.30. The average Bonchev–Trinajstić information content (AvgIpc) is 2.58. The van der Waals surface area contributed by atoms with E-state index in [1.807, 2.05) is 0 Å². The normalized spacial score (nSPS) is 20.4. The maximum atomic E-state index is 5.25. The van der Waals surface area contributed by atoms with Crippen LogP contribution in [0.1, 0.15) is 37.5 Å². The molecule has 0 N–H and O–H groups in total. The van der Waals surface area contributed by atoms with E-state index in [1.165, 1.54) is 25.7 Å². The SMILES string of the molecule is [CH]1CCC(c2ncco2)CC1. The van der Waals surface area contributed by atoms with Crippen LogP contribution in [0.5, 0.6) is 0 Å². The van der Waals surface area contributed by atoms with Crippen molar-refractivity contribution in [2.75, 3.05) is 0 Å². The van der Waals surface area contributed by atoms with Gasteiger partial charge in [-0.25, -0.2) is 4.98 Å². The van der Waals surface area contributed by atoms with E-state index in [1.54, 1.807) is 12.5 Å². The number of aromatic nitrogens is 1. The van der Waals surface area contributed by atoms with Crippen molar-refractivity contribution in [1.29, 1.82) is 0 Å². The zero-order valence-electron chi connectivity index (χ0n) is 6.49. The van der Waals surface area contributed by atoms with Gasteiger partial charge in [-0.05, 0) is 32.1 Å². The van der Waals surface area contributed by atoms with Crippen LogP contribution in [0.3, 0.4) is 0 Å². The number of nitrogens with zero attached hydrogens (tertiary/aromatic N) is 1. The molecule has 1 radical (unpaired) electrons. The van der Waals surface area contributed by atoms with Crippen molar-refractivity contribution in [1.82, 2.24) is 4.98 Å². The lowest BCUT2D eigenvalue weighted by Crippen LogP contribution is -2.04. The lowest BCUT2D eigenvalue weighted by molar-refractivity contribution is 0.393. The summed E-state index contributed by atoms with van der Waals surface area (Å²) in [6.45, 7) is 0. The number of hydrogen-bond donors (Lipinski definition) is 0. The van der Waals surface area contributed by atoms with Crippen molar-refractivity contribution >= 4 is 0 Å². The van der Waals surface area contributed by atoms with Crippen molar-refractivity contribution in [3.8, 4) is 0 Å². The maximum absolute atomic E-state index is 5.25. The minimum absolute atomic E-state index is 0.579. The van der Waals surface area contributed by atoms with Gasteiger partial charge in [0, 0.05) is 5.92 Å². The third-order valence-electron chi connectivity index (χ3n) is 2.24. The molecule has 0 unspecified atom stereocenters. The second-order valence-electron chi connectivity index (χ2n) is 3.01. The van der Waals surface area contributed by atoms with Gasteiger partial charge < -0.3 is 4.42 Å². The van der Waals surface area contributed by atoms with E-state index in [4.69, 9.17) is 4.42 Å². The van der Waals surface area contributed by atoms with Crippen LogP contribution in [0.25, 0.3) is 0 Å². The molecule has 2 heteroatoms. The largest absolute Gasteiger partial charge is 0.449 e. The Balaban J connectivity index is 2.04. The van der Waals surface area contributed by atoms with Crippen LogP contribution in [-0.4, -0.2) is 4.98 Å². The van der Waals surface area contributed by atoms with Gasteiger partial charge in [-0.2, -0.15) is 0 Å². The molecule has 0 bridgehead atoms. The van der Waals surface area contributed by atoms with Gasteiger partial charge in [0.15, 0.2) is 5.89 Å². The molecule has 1 heterocycles. The lowest BCUT2D eigenvalue weighted by Gasteiger charge is -2.17. The summed E-state index contributed by atoms with van der Waals surface area (Å²) in [5.41, 5.74) is 0. The summed E-state index contributed by atoms with van der Waals surface area (Å²) >= 11 is 0. The Morgan fingerprint density at radius 3 is 2.82 bits per heavy atom. The molecule has 11 heavy (non-hydrogen) atoms. The molecule has 1 saturated carbocycles. The standard InChI is InChI=1S/C9H12NO/c1-2-4-8(5-3-1)9-10-6-7-11-9/h1,6-8H,2-5H2. The van der Waals surface area contributed by atoms with Crippen molar-refractivity contribution in [3.63, 3.8) is 0 Å². The van der Waals surface area contributed by atoms with E-state index in [0.717, 1.165) is 5.89 Å². The van der Waals surface area contributed by atoms with Crippen LogP contribution in [0.15, 0.2) is 16.9 Å². The number of rotatable bonds is 1. The Bertz CT molecular complexity index is 199. The van der Waals surface area contributed by atoms with Gasteiger partial charge in [0.05, 0.1) is 6.20 Å². The van der Waals surface area contributed by atoms with Gasteiger partial charge in [0.1, 0.15) is 6.26 Å². The third kappa shape index (κ3) is 1.44. The van der Waals surface area contributed by atoms with Crippen molar-refractivity contribution in [3.05, 3.63) is 24.8 Å². The predicted octanol–water partition coefficient (Wildman–Crippen LogP) is 2.54. The van der Waals surface area contributed by atoms with Gasteiger partial charge in [-0.15, -0.1) is 0 Å². The van der Waals surface area contributed by atoms with Gasteiger partial charge in [0.2, 0.25) is 0 Å². The number of hydrogen-bond acceptors (Lipinski definition) is 2. The van der Waals surface area contributed by atoms with E-state index < -0.39 is 0 Å². The summed E-state index contributed by atoms with van der Waals surface area (Å²) in [6.07, 6.45) is 10.6. The Kier molecular flexibility index (Phi) is 1.93. The molecule has 1 aromatic heterocycles. The van der Waals surface area contributed by atoms with E-state index >= 15 is 0 Å². The molecule has 2 rings (SSSR count). The summed E-state index contributed by atoms with van der Waals surface area (Å²) in [6, 6.07) is 0. The van der Waals surface area contributed by atoms with E-state index in [9.17, 15) is 0 Å². The fourth-order valence-corrected chi connectivity index (χ4v) is 1.61. The Hall–Kier alpha value is -0.790. The second kappa shape index (κ2) is 3.07. The van der Waals surface area contributed by atoms with E-state index in [0.29, 0.717) is 5.92 Å². The highest BCUT2D eigenvalue weighted by Gasteiger charge is 2.18. The first-order chi connectivity index (χ1) is 5.47. The molecular weight excluding hydrogens is 138 g/mol. The zero-order valence-corrected chi connectivity index (χ0v) is 6.49. The first-order valence-electron chi connectivity index (χ1n) is 4.18. The molecule has 59 valence electrons. The zero-order chi connectivity index (χ0) is 7.52. The minimum atomic E-state index is 0.579. The summed E-state index contributed by atoms with van der Waals surface area (Å²) in [5, 5.41) is 0. The van der Waals surface area contributed by atoms with Crippen LogP contribution in [0.2, 0.25) is 0 Å². The average molecular weight is 150 g/mol. The summed E-state index contributed by atoms with van der Waals surface area (Å²) in [4.78, 5) is 4.16. The summed E-state index contributed by atoms with van der Waals surface area (Å²) < 4.78 is 5.25. The molecule has 0 aromatic carbocycles. The van der Waals surface area contributed by atoms with Gasteiger partial charge in [-0.1, -0.05) is 0 Å². The molecule has 0 aliphatic heterocycles. The van der Waals surface area contributed by atoms with E-state index in [2.05, 4.69) is 11.4 Å². The van der Waals surface area contributed by atoms with Crippen molar-refractivity contribution < 1.29 is 4.42 Å². The Labute approximate surface area is 66.6 Å². The fraction of sp³-hybridized carbons (Fsp3) is 0.556. The Morgan fingerprint density at radius 2 is 2.18 bits per heavy atom. The van der Waals surface area contributed by atoms with E-state index in [-0.39, 0.29) is 0 Å². The molecular formula is C9H12NO.